The lowest BCUT2D eigenvalue weighted by Gasteiger charge is -2.18. The highest BCUT2D eigenvalue weighted by Crippen LogP contribution is 2.46. The zero-order valence-corrected chi connectivity index (χ0v) is 15.1. The molecule has 0 heterocycles. The number of methoxy groups -OCH3 is 3. The Labute approximate surface area is 152 Å². The van der Waals surface area contributed by atoms with Crippen LogP contribution in [-0.4, -0.2) is 21.3 Å². The van der Waals surface area contributed by atoms with Crippen LogP contribution in [0.2, 0.25) is 0 Å². The van der Waals surface area contributed by atoms with Gasteiger partial charge in [-0.2, -0.15) is 0 Å². The molecule has 0 saturated carbocycles. The zero-order valence-electron chi connectivity index (χ0n) is 15.1. The predicted molar refractivity (Wildman–Crippen MR) is 107 cm³/mol. The highest BCUT2D eigenvalue weighted by Gasteiger charge is 2.18. The molecule has 0 aromatic heterocycles. The van der Waals surface area contributed by atoms with Gasteiger partial charge in [-0.1, -0.05) is 54.6 Å². The first-order valence-corrected chi connectivity index (χ1v) is 8.48. The third-order valence-corrected chi connectivity index (χ3v) is 4.76. The summed E-state index contributed by atoms with van der Waals surface area (Å²) >= 11 is 0. The molecule has 0 aliphatic heterocycles. The van der Waals surface area contributed by atoms with Gasteiger partial charge in [0, 0.05) is 27.3 Å². The van der Waals surface area contributed by atoms with Crippen LogP contribution < -0.4 is 14.2 Å². The molecule has 0 radical (unpaired) electrons. The number of benzene rings is 4. The summed E-state index contributed by atoms with van der Waals surface area (Å²) in [6.07, 6.45) is 0. The van der Waals surface area contributed by atoms with Crippen molar-refractivity contribution in [1.82, 2.24) is 0 Å². The lowest BCUT2D eigenvalue weighted by atomic mass is 9.95. The van der Waals surface area contributed by atoms with Crippen LogP contribution >= 0.6 is 0 Å². The van der Waals surface area contributed by atoms with Gasteiger partial charge in [-0.15, -0.1) is 0 Å². The first kappa shape index (κ1) is 16.3. The molecule has 0 unspecified atom stereocenters. The normalized spacial score (nSPS) is 10.9. The summed E-state index contributed by atoms with van der Waals surface area (Å²) in [6, 6.07) is 22.5. The second kappa shape index (κ2) is 6.60. The van der Waals surface area contributed by atoms with Gasteiger partial charge in [-0.3, -0.25) is 0 Å². The van der Waals surface area contributed by atoms with Crippen molar-refractivity contribution in [2.75, 3.05) is 21.3 Å². The van der Waals surface area contributed by atoms with Crippen LogP contribution in [0.4, 0.5) is 0 Å². The molecule has 130 valence electrons. The topological polar surface area (TPSA) is 27.7 Å². The minimum Gasteiger partial charge on any atom is -0.496 e. The second-order valence-electron chi connectivity index (χ2n) is 6.07. The minimum atomic E-state index is 0.812. The molecule has 0 spiro atoms. The predicted octanol–water partition coefficient (Wildman–Crippen LogP) is 5.69. The Balaban J connectivity index is 2.10. The molecule has 4 aromatic carbocycles. The van der Waals surface area contributed by atoms with Gasteiger partial charge < -0.3 is 14.2 Å². The quantitative estimate of drug-likeness (QED) is 0.476. The Morgan fingerprint density at radius 2 is 1.15 bits per heavy atom. The lowest BCUT2D eigenvalue weighted by molar-refractivity contribution is 0.409. The van der Waals surface area contributed by atoms with Crippen LogP contribution in [0.15, 0.2) is 66.7 Å². The summed E-state index contributed by atoms with van der Waals surface area (Å²) in [5.41, 5.74) is 1.93. The van der Waals surface area contributed by atoms with E-state index in [0.29, 0.717) is 0 Å². The van der Waals surface area contributed by atoms with Gasteiger partial charge in [0.15, 0.2) is 0 Å². The van der Waals surface area contributed by atoms with E-state index in [2.05, 4.69) is 24.3 Å². The molecular weight excluding hydrogens is 324 g/mol. The maximum absolute atomic E-state index is 5.81. The summed E-state index contributed by atoms with van der Waals surface area (Å²) in [7, 11) is 5.09. The molecule has 0 atom stereocenters. The Morgan fingerprint density at radius 3 is 1.85 bits per heavy atom. The minimum absolute atomic E-state index is 0.812. The van der Waals surface area contributed by atoms with Crippen molar-refractivity contribution in [3.8, 4) is 28.4 Å². The van der Waals surface area contributed by atoms with Crippen LogP contribution in [0.3, 0.4) is 0 Å². The fourth-order valence-electron chi connectivity index (χ4n) is 3.58. The maximum atomic E-state index is 5.81. The highest BCUT2D eigenvalue weighted by molar-refractivity contribution is 6.03. The largest absolute Gasteiger partial charge is 0.496 e. The van der Waals surface area contributed by atoms with Crippen molar-refractivity contribution in [2.24, 2.45) is 0 Å². The fourth-order valence-corrected chi connectivity index (χ4v) is 3.58. The van der Waals surface area contributed by atoms with E-state index in [1.54, 1.807) is 21.3 Å². The van der Waals surface area contributed by atoms with Crippen LogP contribution in [0, 0.1) is 0 Å². The average molecular weight is 344 g/mol. The molecule has 4 rings (SSSR count). The van der Waals surface area contributed by atoms with E-state index in [0.717, 1.165) is 49.9 Å². The van der Waals surface area contributed by atoms with Gasteiger partial charge in [-0.05, 0) is 17.5 Å². The van der Waals surface area contributed by atoms with Gasteiger partial charge in [0.25, 0.3) is 0 Å². The molecule has 3 heteroatoms. The number of rotatable bonds is 4. The van der Waals surface area contributed by atoms with E-state index >= 15 is 0 Å². The first-order chi connectivity index (χ1) is 12.8. The van der Waals surface area contributed by atoms with Crippen molar-refractivity contribution >= 4 is 21.5 Å². The van der Waals surface area contributed by atoms with Crippen molar-refractivity contribution in [3.63, 3.8) is 0 Å². The van der Waals surface area contributed by atoms with E-state index in [4.69, 9.17) is 14.2 Å². The van der Waals surface area contributed by atoms with E-state index in [1.807, 2.05) is 42.5 Å². The number of ether oxygens (including phenoxy) is 3. The van der Waals surface area contributed by atoms with Gasteiger partial charge >= 0.3 is 0 Å². The van der Waals surface area contributed by atoms with E-state index < -0.39 is 0 Å². The smallest absolute Gasteiger partial charge is 0.134 e. The lowest BCUT2D eigenvalue weighted by Crippen LogP contribution is -1.96. The Bertz CT molecular complexity index is 1100. The third-order valence-electron chi connectivity index (χ3n) is 4.76. The molecule has 26 heavy (non-hydrogen) atoms. The Hall–Kier alpha value is -3.20. The maximum Gasteiger partial charge on any atom is 0.134 e. The summed E-state index contributed by atoms with van der Waals surface area (Å²) in [5, 5.41) is 4.25. The van der Waals surface area contributed by atoms with Crippen LogP contribution in [0.25, 0.3) is 32.7 Å². The summed E-state index contributed by atoms with van der Waals surface area (Å²) in [6.45, 7) is 0. The van der Waals surface area contributed by atoms with Crippen molar-refractivity contribution in [2.45, 2.75) is 0 Å². The van der Waals surface area contributed by atoms with Gasteiger partial charge in [0.2, 0.25) is 0 Å². The monoisotopic (exact) mass is 344 g/mol. The zero-order chi connectivity index (χ0) is 18.1. The molecule has 0 fully saturated rings. The molecule has 0 N–H and O–H groups in total. The molecule has 4 aromatic rings. The first-order valence-electron chi connectivity index (χ1n) is 8.48. The Kier molecular flexibility index (Phi) is 4.13. The second-order valence-corrected chi connectivity index (χ2v) is 6.07. The Morgan fingerprint density at radius 1 is 0.538 bits per heavy atom. The molecule has 0 aliphatic carbocycles. The summed E-state index contributed by atoms with van der Waals surface area (Å²) in [5.74, 6) is 2.46. The van der Waals surface area contributed by atoms with E-state index in [9.17, 15) is 0 Å². The summed E-state index contributed by atoms with van der Waals surface area (Å²) in [4.78, 5) is 0. The molecule has 0 saturated heterocycles. The summed E-state index contributed by atoms with van der Waals surface area (Å²) < 4.78 is 17.3. The molecule has 0 amide bonds. The molecule has 0 aliphatic rings. The SMILES string of the molecule is COc1c(-c2cc(OC)c3ccccc3c2OC)ccc2ccccc12. The van der Waals surface area contributed by atoms with E-state index in [-0.39, 0.29) is 0 Å². The number of fused-ring (bicyclic) bond motifs is 2. The van der Waals surface area contributed by atoms with Gasteiger partial charge in [0.1, 0.15) is 17.2 Å². The third kappa shape index (κ3) is 2.44. The highest BCUT2D eigenvalue weighted by atomic mass is 16.5. The van der Waals surface area contributed by atoms with Gasteiger partial charge in [-0.25, -0.2) is 0 Å². The van der Waals surface area contributed by atoms with Crippen molar-refractivity contribution in [1.29, 1.82) is 0 Å². The van der Waals surface area contributed by atoms with Gasteiger partial charge in [0.05, 0.1) is 21.3 Å². The van der Waals surface area contributed by atoms with Crippen LogP contribution in [0.5, 0.6) is 17.2 Å². The number of hydrogen-bond donors (Lipinski definition) is 0. The molecular formula is C23H20O3. The van der Waals surface area contributed by atoms with Crippen LogP contribution in [0.1, 0.15) is 0 Å². The van der Waals surface area contributed by atoms with E-state index in [1.165, 1.54) is 0 Å². The molecule has 3 nitrogen and oxygen atoms in total. The number of hydrogen-bond acceptors (Lipinski definition) is 3. The van der Waals surface area contributed by atoms with Crippen LogP contribution in [-0.2, 0) is 0 Å². The fraction of sp³-hybridized carbons (Fsp3) is 0.130. The standard InChI is InChI=1S/C23H20O3/c1-24-21-14-20(23(26-3)18-11-7-6-10-17(18)21)19-13-12-15-8-4-5-9-16(15)22(19)25-2/h4-14H,1-3H3. The average Bonchev–Trinajstić information content (AvgIpc) is 2.71. The van der Waals surface area contributed by atoms with Crippen molar-refractivity contribution in [3.05, 3.63) is 66.7 Å². The van der Waals surface area contributed by atoms with Crippen molar-refractivity contribution < 1.29 is 14.2 Å². The molecule has 0 bridgehead atoms.